The van der Waals surface area contributed by atoms with Crippen molar-refractivity contribution >= 4 is 5.91 Å². The first kappa shape index (κ1) is 11.5. The molecular weight excluding hydrogens is 180 g/mol. The minimum absolute atomic E-state index is 0.0420. The lowest BCUT2D eigenvalue weighted by Crippen LogP contribution is -2.40. The molecule has 0 bridgehead atoms. The fraction of sp³-hybridized carbons (Fsp3) is 0.900. The second-order valence-electron chi connectivity index (χ2n) is 3.89. The molecule has 0 spiro atoms. The second-order valence-corrected chi connectivity index (χ2v) is 3.89. The summed E-state index contributed by atoms with van der Waals surface area (Å²) in [4.78, 5) is 13.2. The minimum Gasteiger partial charge on any atom is -0.395 e. The molecule has 1 amide bonds. The fourth-order valence-corrected chi connectivity index (χ4v) is 1.74. The molecule has 1 saturated heterocycles. The number of nitrogens with one attached hydrogen (secondary N) is 1. The van der Waals surface area contributed by atoms with Crippen molar-refractivity contribution in [3.63, 3.8) is 0 Å². The van der Waals surface area contributed by atoms with E-state index >= 15 is 0 Å². The van der Waals surface area contributed by atoms with Gasteiger partial charge in [-0.05, 0) is 19.4 Å². The molecule has 1 heterocycles. The van der Waals surface area contributed by atoms with Gasteiger partial charge in [0.2, 0.25) is 5.91 Å². The number of carbonyl (C=O) groups is 1. The van der Waals surface area contributed by atoms with E-state index < -0.39 is 0 Å². The van der Waals surface area contributed by atoms with Crippen LogP contribution < -0.4 is 5.32 Å². The highest BCUT2D eigenvalue weighted by atomic mass is 16.3. The molecule has 4 heteroatoms. The van der Waals surface area contributed by atoms with Gasteiger partial charge in [-0.25, -0.2) is 0 Å². The van der Waals surface area contributed by atoms with E-state index in [1.165, 1.54) is 12.8 Å². The lowest BCUT2D eigenvalue weighted by Gasteiger charge is -2.25. The van der Waals surface area contributed by atoms with Crippen molar-refractivity contribution in [3.05, 3.63) is 0 Å². The van der Waals surface area contributed by atoms with Crippen LogP contribution in [-0.4, -0.2) is 48.7 Å². The van der Waals surface area contributed by atoms with Gasteiger partial charge in [-0.15, -0.1) is 0 Å². The Morgan fingerprint density at radius 3 is 2.93 bits per heavy atom. The molecule has 0 aromatic carbocycles. The van der Waals surface area contributed by atoms with E-state index in [1.54, 1.807) is 11.9 Å². The van der Waals surface area contributed by atoms with Crippen molar-refractivity contribution in [1.29, 1.82) is 0 Å². The number of aliphatic hydroxyl groups is 1. The number of hydrogen-bond acceptors (Lipinski definition) is 3. The maximum atomic E-state index is 11.6. The SMILES string of the molecule is CN(CCO)C(=O)CC1CCCCN1. The van der Waals surface area contributed by atoms with E-state index in [-0.39, 0.29) is 12.5 Å². The summed E-state index contributed by atoms with van der Waals surface area (Å²) in [6.07, 6.45) is 4.10. The highest BCUT2D eigenvalue weighted by Gasteiger charge is 2.18. The van der Waals surface area contributed by atoms with Gasteiger partial charge in [0.1, 0.15) is 0 Å². The first-order chi connectivity index (χ1) is 6.74. The minimum atomic E-state index is 0.0420. The first-order valence-corrected chi connectivity index (χ1v) is 5.32. The van der Waals surface area contributed by atoms with E-state index in [0.29, 0.717) is 19.0 Å². The maximum Gasteiger partial charge on any atom is 0.223 e. The van der Waals surface area contributed by atoms with Crippen LogP contribution in [0.1, 0.15) is 25.7 Å². The molecular formula is C10H20N2O2. The van der Waals surface area contributed by atoms with Crippen LogP contribution >= 0.6 is 0 Å². The Labute approximate surface area is 85.3 Å². The Morgan fingerprint density at radius 2 is 2.36 bits per heavy atom. The summed E-state index contributed by atoms with van der Waals surface area (Å²) in [7, 11) is 1.74. The highest BCUT2D eigenvalue weighted by Crippen LogP contribution is 2.10. The largest absolute Gasteiger partial charge is 0.395 e. The molecule has 1 atom stereocenters. The van der Waals surface area contributed by atoms with Crippen molar-refractivity contribution in [2.24, 2.45) is 0 Å². The standard InChI is InChI=1S/C10H20N2O2/c1-12(6-7-13)10(14)8-9-4-2-3-5-11-9/h9,11,13H,2-8H2,1H3. The van der Waals surface area contributed by atoms with Crippen LogP contribution in [0.15, 0.2) is 0 Å². The summed E-state index contributed by atoms with van der Waals surface area (Å²) in [5.74, 6) is 0.124. The van der Waals surface area contributed by atoms with Crippen molar-refractivity contribution in [3.8, 4) is 0 Å². The summed E-state index contributed by atoms with van der Waals surface area (Å²) in [6.45, 7) is 1.51. The van der Waals surface area contributed by atoms with Gasteiger partial charge in [-0.3, -0.25) is 4.79 Å². The van der Waals surface area contributed by atoms with Gasteiger partial charge >= 0.3 is 0 Å². The molecule has 1 unspecified atom stereocenters. The molecule has 1 aliphatic heterocycles. The molecule has 4 nitrogen and oxygen atoms in total. The average Bonchev–Trinajstić information content (AvgIpc) is 2.19. The predicted octanol–water partition coefficient (Wildman–Crippen LogP) is -0.0307. The van der Waals surface area contributed by atoms with Crippen LogP contribution in [0.2, 0.25) is 0 Å². The van der Waals surface area contributed by atoms with Gasteiger partial charge in [0.25, 0.3) is 0 Å². The van der Waals surface area contributed by atoms with Crippen LogP contribution in [0.3, 0.4) is 0 Å². The van der Waals surface area contributed by atoms with Gasteiger partial charge in [0.15, 0.2) is 0 Å². The Kier molecular flexibility index (Phi) is 4.90. The van der Waals surface area contributed by atoms with Crippen LogP contribution in [0.4, 0.5) is 0 Å². The molecule has 1 rings (SSSR count). The first-order valence-electron chi connectivity index (χ1n) is 5.32. The topological polar surface area (TPSA) is 52.6 Å². The smallest absolute Gasteiger partial charge is 0.223 e. The van der Waals surface area contributed by atoms with Gasteiger partial charge < -0.3 is 15.3 Å². The van der Waals surface area contributed by atoms with E-state index in [1.807, 2.05) is 0 Å². The average molecular weight is 200 g/mol. The molecule has 1 fully saturated rings. The molecule has 0 aromatic rings. The third-order valence-corrected chi connectivity index (χ3v) is 2.69. The van der Waals surface area contributed by atoms with E-state index in [2.05, 4.69) is 5.32 Å². The molecule has 0 aliphatic carbocycles. The number of piperidine rings is 1. The molecule has 2 N–H and O–H groups in total. The van der Waals surface area contributed by atoms with Crippen molar-refractivity contribution in [1.82, 2.24) is 10.2 Å². The van der Waals surface area contributed by atoms with Gasteiger partial charge in [-0.1, -0.05) is 6.42 Å². The number of rotatable bonds is 4. The fourth-order valence-electron chi connectivity index (χ4n) is 1.74. The van der Waals surface area contributed by atoms with Gasteiger partial charge in [0, 0.05) is 26.1 Å². The lowest BCUT2D eigenvalue weighted by atomic mass is 10.0. The van der Waals surface area contributed by atoms with Crippen LogP contribution in [0.5, 0.6) is 0 Å². The van der Waals surface area contributed by atoms with E-state index in [0.717, 1.165) is 13.0 Å². The summed E-state index contributed by atoms with van der Waals surface area (Å²) in [5, 5.41) is 12.0. The Morgan fingerprint density at radius 1 is 1.57 bits per heavy atom. The molecule has 1 aliphatic rings. The number of amides is 1. The third kappa shape index (κ3) is 3.64. The van der Waals surface area contributed by atoms with Crippen LogP contribution in [0.25, 0.3) is 0 Å². The lowest BCUT2D eigenvalue weighted by molar-refractivity contribution is -0.131. The van der Waals surface area contributed by atoms with Crippen LogP contribution in [-0.2, 0) is 4.79 Å². The normalized spacial score (nSPS) is 22.0. The zero-order valence-electron chi connectivity index (χ0n) is 8.83. The summed E-state index contributed by atoms with van der Waals surface area (Å²) in [6, 6.07) is 0.345. The van der Waals surface area contributed by atoms with Gasteiger partial charge in [-0.2, -0.15) is 0 Å². The Balaban J connectivity index is 2.24. The van der Waals surface area contributed by atoms with E-state index in [9.17, 15) is 4.79 Å². The van der Waals surface area contributed by atoms with Crippen molar-refractivity contribution < 1.29 is 9.90 Å². The maximum absolute atomic E-state index is 11.6. The second kappa shape index (κ2) is 5.98. The molecule has 0 aromatic heterocycles. The number of hydrogen-bond donors (Lipinski definition) is 2. The van der Waals surface area contributed by atoms with Crippen molar-refractivity contribution in [2.75, 3.05) is 26.7 Å². The molecule has 0 saturated carbocycles. The van der Waals surface area contributed by atoms with E-state index in [4.69, 9.17) is 5.11 Å². The number of carbonyl (C=O) groups excluding carboxylic acids is 1. The van der Waals surface area contributed by atoms with Crippen LogP contribution in [0, 0.1) is 0 Å². The number of likely N-dealkylation sites (N-methyl/N-ethyl adjacent to an activating group) is 1. The molecule has 14 heavy (non-hydrogen) atoms. The number of aliphatic hydroxyl groups excluding tert-OH is 1. The quantitative estimate of drug-likeness (QED) is 0.670. The monoisotopic (exact) mass is 200 g/mol. The third-order valence-electron chi connectivity index (χ3n) is 2.69. The zero-order valence-corrected chi connectivity index (χ0v) is 8.83. The summed E-state index contributed by atoms with van der Waals surface area (Å²) >= 11 is 0. The Hall–Kier alpha value is -0.610. The molecule has 82 valence electrons. The zero-order chi connectivity index (χ0) is 10.4. The predicted molar refractivity (Wildman–Crippen MR) is 55.0 cm³/mol. The molecule has 0 radical (unpaired) electrons. The highest BCUT2D eigenvalue weighted by molar-refractivity contribution is 5.76. The Bertz CT molecular complexity index is 179. The number of nitrogens with zero attached hydrogens (tertiary/aromatic N) is 1. The van der Waals surface area contributed by atoms with Crippen molar-refractivity contribution in [2.45, 2.75) is 31.7 Å². The summed E-state index contributed by atoms with van der Waals surface area (Å²) < 4.78 is 0. The summed E-state index contributed by atoms with van der Waals surface area (Å²) in [5.41, 5.74) is 0. The van der Waals surface area contributed by atoms with Gasteiger partial charge in [0.05, 0.1) is 6.61 Å².